The zero-order valence-electron chi connectivity index (χ0n) is 12.3. The Morgan fingerprint density at radius 2 is 2.10 bits per heavy atom. The van der Waals surface area contributed by atoms with Crippen molar-refractivity contribution in [2.24, 2.45) is 5.41 Å². The number of nitro benzene ring substituents is 1. The first-order valence-electron chi connectivity index (χ1n) is 7.00. The van der Waals surface area contributed by atoms with Crippen LogP contribution in [0.5, 0.6) is 0 Å². The van der Waals surface area contributed by atoms with E-state index in [0.717, 1.165) is 18.9 Å². The van der Waals surface area contributed by atoms with Gasteiger partial charge in [-0.1, -0.05) is 26.0 Å². The van der Waals surface area contributed by atoms with Crippen LogP contribution in [0.3, 0.4) is 0 Å². The molecule has 0 saturated carbocycles. The number of hydrogen-bond donors (Lipinski definition) is 0. The monoisotopic (exact) mass is 294 g/mol. The predicted molar refractivity (Wildman–Crippen MR) is 76.1 cm³/mol. The van der Waals surface area contributed by atoms with E-state index in [0.29, 0.717) is 13.0 Å². The molecule has 0 N–H and O–H groups in total. The molecule has 0 aliphatic carbocycles. The standard InChI is InChI=1S/C15H19FN2O3/c1-15(2)7-6-13(19)17(9-8-15)10-11-4-3-5-12(14(11)16)18(20)21/h3-5H,6-10H2,1-2H3. The fourth-order valence-electron chi connectivity index (χ4n) is 2.49. The summed E-state index contributed by atoms with van der Waals surface area (Å²) in [7, 11) is 0. The van der Waals surface area contributed by atoms with Crippen LogP contribution >= 0.6 is 0 Å². The van der Waals surface area contributed by atoms with E-state index in [4.69, 9.17) is 0 Å². The fraction of sp³-hybridized carbons (Fsp3) is 0.533. The van der Waals surface area contributed by atoms with Crippen molar-refractivity contribution in [1.29, 1.82) is 0 Å². The summed E-state index contributed by atoms with van der Waals surface area (Å²) in [6, 6.07) is 4.07. The SMILES string of the molecule is CC1(C)CCC(=O)N(Cc2cccc([N+](=O)[O-])c2F)CC1. The summed E-state index contributed by atoms with van der Waals surface area (Å²) in [5.41, 5.74) is -0.265. The normalized spacial score (nSPS) is 18.4. The van der Waals surface area contributed by atoms with Crippen molar-refractivity contribution in [3.63, 3.8) is 0 Å². The lowest BCUT2D eigenvalue weighted by Crippen LogP contribution is -2.30. The minimum atomic E-state index is -0.848. The van der Waals surface area contributed by atoms with Gasteiger partial charge >= 0.3 is 5.69 Å². The highest BCUT2D eigenvalue weighted by molar-refractivity contribution is 5.76. The van der Waals surface area contributed by atoms with Crippen molar-refractivity contribution in [3.05, 3.63) is 39.7 Å². The van der Waals surface area contributed by atoms with Gasteiger partial charge in [-0.3, -0.25) is 14.9 Å². The molecule has 0 atom stereocenters. The van der Waals surface area contributed by atoms with Crippen LogP contribution in [0, 0.1) is 21.3 Å². The topological polar surface area (TPSA) is 63.5 Å². The van der Waals surface area contributed by atoms with Crippen molar-refractivity contribution < 1.29 is 14.1 Å². The van der Waals surface area contributed by atoms with E-state index >= 15 is 0 Å². The van der Waals surface area contributed by atoms with Crippen LogP contribution in [0.1, 0.15) is 38.7 Å². The average molecular weight is 294 g/mol. The molecular formula is C15H19FN2O3. The van der Waals surface area contributed by atoms with Crippen LogP contribution in [0.25, 0.3) is 0 Å². The van der Waals surface area contributed by atoms with Crippen molar-refractivity contribution in [3.8, 4) is 0 Å². The Kier molecular flexibility index (Phi) is 4.25. The van der Waals surface area contributed by atoms with Gasteiger partial charge in [0, 0.05) is 31.1 Å². The van der Waals surface area contributed by atoms with Gasteiger partial charge in [-0.05, 0) is 18.3 Å². The van der Waals surface area contributed by atoms with Crippen molar-refractivity contribution in [2.45, 2.75) is 39.7 Å². The third-order valence-electron chi connectivity index (χ3n) is 4.04. The van der Waals surface area contributed by atoms with Crippen LogP contribution in [-0.4, -0.2) is 22.3 Å². The molecule has 5 nitrogen and oxygen atoms in total. The van der Waals surface area contributed by atoms with Crippen molar-refractivity contribution >= 4 is 11.6 Å². The third kappa shape index (κ3) is 3.56. The lowest BCUT2D eigenvalue weighted by Gasteiger charge is -2.23. The highest BCUT2D eigenvalue weighted by atomic mass is 19.1. The molecule has 6 heteroatoms. The van der Waals surface area contributed by atoms with Gasteiger partial charge in [0.2, 0.25) is 11.7 Å². The summed E-state index contributed by atoms with van der Waals surface area (Å²) in [6.45, 7) is 4.85. The van der Waals surface area contributed by atoms with Gasteiger partial charge in [-0.25, -0.2) is 0 Å². The summed E-state index contributed by atoms with van der Waals surface area (Å²) in [4.78, 5) is 23.7. The summed E-state index contributed by atoms with van der Waals surface area (Å²) < 4.78 is 14.1. The van der Waals surface area contributed by atoms with Crippen LogP contribution < -0.4 is 0 Å². The van der Waals surface area contributed by atoms with Crippen molar-refractivity contribution in [1.82, 2.24) is 4.90 Å². The zero-order valence-corrected chi connectivity index (χ0v) is 12.3. The number of rotatable bonds is 3. The van der Waals surface area contributed by atoms with E-state index in [1.807, 2.05) is 0 Å². The van der Waals surface area contributed by atoms with E-state index in [1.54, 1.807) is 4.90 Å². The number of carbonyl (C=O) groups excluding carboxylic acids is 1. The van der Waals surface area contributed by atoms with Crippen molar-refractivity contribution in [2.75, 3.05) is 6.54 Å². The Hall–Kier alpha value is -1.98. The number of nitrogens with zero attached hydrogens (tertiary/aromatic N) is 2. The molecule has 0 unspecified atom stereocenters. The summed E-state index contributed by atoms with van der Waals surface area (Å²) in [6.07, 6.45) is 2.08. The van der Waals surface area contributed by atoms with Gasteiger partial charge in [-0.2, -0.15) is 4.39 Å². The second kappa shape index (κ2) is 5.79. The summed E-state index contributed by atoms with van der Waals surface area (Å²) in [5, 5.41) is 10.8. The molecule has 2 rings (SSSR count). The Bertz CT molecular complexity index is 572. The van der Waals surface area contributed by atoms with Gasteiger partial charge in [0.05, 0.1) is 4.92 Å². The van der Waals surface area contributed by atoms with E-state index < -0.39 is 16.4 Å². The van der Waals surface area contributed by atoms with Crippen LogP contribution in [0.2, 0.25) is 0 Å². The maximum atomic E-state index is 14.1. The van der Waals surface area contributed by atoms with Gasteiger partial charge in [0.1, 0.15) is 0 Å². The molecule has 1 heterocycles. The second-order valence-electron chi connectivity index (χ2n) is 6.24. The Balaban J connectivity index is 2.20. The number of amides is 1. The van der Waals surface area contributed by atoms with Gasteiger partial charge in [0.25, 0.3) is 0 Å². The largest absolute Gasteiger partial charge is 0.338 e. The molecule has 1 aliphatic heterocycles. The van der Waals surface area contributed by atoms with Gasteiger partial charge < -0.3 is 4.90 Å². The highest BCUT2D eigenvalue weighted by Gasteiger charge is 2.28. The first-order valence-corrected chi connectivity index (χ1v) is 7.00. The molecule has 0 radical (unpaired) electrons. The highest BCUT2D eigenvalue weighted by Crippen LogP contribution is 2.31. The Labute approximate surface area is 122 Å². The Morgan fingerprint density at radius 1 is 1.38 bits per heavy atom. The second-order valence-corrected chi connectivity index (χ2v) is 6.24. The van der Waals surface area contributed by atoms with E-state index in [-0.39, 0.29) is 23.4 Å². The molecule has 0 aromatic heterocycles. The molecule has 1 aromatic rings. The summed E-state index contributed by atoms with van der Waals surface area (Å²) in [5.74, 6) is -0.870. The third-order valence-corrected chi connectivity index (χ3v) is 4.04. The molecule has 0 spiro atoms. The molecule has 1 aliphatic rings. The molecule has 1 aromatic carbocycles. The first-order chi connectivity index (χ1) is 9.80. The predicted octanol–water partition coefficient (Wildman–Crippen LogP) is 3.27. The van der Waals surface area contributed by atoms with E-state index in [2.05, 4.69) is 13.8 Å². The lowest BCUT2D eigenvalue weighted by atomic mass is 9.85. The van der Waals surface area contributed by atoms with Crippen LogP contribution in [-0.2, 0) is 11.3 Å². The Morgan fingerprint density at radius 3 is 2.76 bits per heavy atom. The number of likely N-dealkylation sites (tertiary alicyclic amines) is 1. The first kappa shape index (κ1) is 15.4. The molecule has 0 bridgehead atoms. The number of halogens is 1. The minimum Gasteiger partial charge on any atom is -0.338 e. The number of benzene rings is 1. The van der Waals surface area contributed by atoms with Crippen LogP contribution in [0.15, 0.2) is 18.2 Å². The zero-order chi connectivity index (χ0) is 15.6. The van der Waals surface area contributed by atoms with Gasteiger partial charge in [-0.15, -0.1) is 0 Å². The minimum absolute atomic E-state index is 0.0218. The fourth-order valence-corrected chi connectivity index (χ4v) is 2.49. The lowest BCUT2D eigenvalue weighted by molar-refractivity contribution is -0.387. The maximum Gasteiger partial charge on any atom is 0.305 e. The van der Waals surface area contributed by atoms with E-state index in [1.165, 1.54) is 12.1 Å². The summed E-state index contributed by atoms with van der Waals surface area (Å²) >= 11 is 0. The molecule has 1 saturated heterocycles. The number of nitro groups is 1. The van der Waals surface area contributed by atoms with E-state index in [9.17, 15) is 19.3 Å². The quantitative estimate of drug-likeness (QED) is 0.635. The number of carbonyl (C=O) groups is 1. The smallest absolute Gasteiger partial charge is 0.305 e. The maximum absolute atomic E-state index is 14.1. The molecule has 1 amide bonds. The van der Waals surface area contributed by atoms with Gasteiger partial charge in [0.15, 0.2) is 0 Å². The van der Waals surface area contributed by atoms with Crippen LogP contribution in [0.4, 0.5) is 10.1 Å². The number of hydrogen-bond acceptors (Lipinski definition) is 3. The molecular weight excluding hydrogens is 275 g/mol. The average Bonchev–Trinajstić information content (AvgIpc) is 2.53. The molecule has 114 valence electrons. The molecule has 21 heavy (non-hydrogen) atoms. The molecule has 1 fully saturated rings.